The molecule has 1 saturated heterocycles. The molecule has 0 aliphatic carbocycles. The molecule has 24 heavy (non-hydrogen) atoms. The molecule has 0 saturated carbocycles. The van der Waals surface area contributed by atoms with Crippen molar-refractivity contribution >= 4 is 21.8 Å². The Morgan fingerprint density at radius 1 is 1.08 bits per heavy atom. The number of nitrogens with zero attached hydrogens (tertiary/aromatic N) is 1. The Balaban J connectivity index is 1.70. The number of ether oxygens (including phenoxy) is 1. The molecule has 2 bridgehead atoms. The van der Waals surface area contributed by atoms with E-state index in [1.54, 1.807) is 0 Å². The number of benzene rings is 2. The molecule has 6 rings (SSSR count). The second-order valence-corrected chi connectivity index (χ2v) is 7.09. The molecule has 2 aliphatic rings. The van der Waals surface area contributed by atoms with Crippen LogP contribution in [0.5, 0.6) is 0 Å². The topological polar surface area (TPSA) is 29.9 Å². The average molecular weight is 314 g/mol. The summed E-state index contributed by atoms with van der Waals surface area (Å²) in [7, 11) is 2.15. The SMILES string of the molecule is Cn1ccc2c(-c3ccc4[nH]ccc4c3)cc3c(c21)C1CCC3O1. The largest absolute Gasteiger partial charge is 0.366 e. The van der Waals surface area contributed by atoms with Crippen LogP contribution in [0.4, 0.5) is 0 Å². The predicted octanol–water partition coefficient (Wildman–Crippen LogP) is 5.23. The smallest absolute Gasteiger partial charge is 0.0858 e. The number of aryl methyl sites for hydroxylation is 1. The van der Waals surface area contributed by atoms with Crippen LogP contribution in [-0.4, -0.2) is 9.55 Å². The van der Waals surface area contributed by atoms with Crippen molar-refractivity contribution in [2.75, 3.05) is 0 Å². The van der Waals surface area contributed by atoms with Gasteiger partial charge < -0.3 is 14.3 Å². The van der Waals surface area contributed by atoms with E-state index in [1.165, 1.54) is 44.1 Å². The zero-order valence-electron chi connectivity index (χ0n) is 13.5. The summed E-state index contributed by atoms with van der Waals surface area (Å²) in [5.74, 6) is 0. The quantitative estimate of drug-likeness (QED) is 0.512. The lowest BCUT2D eigenvalue weighted by molar-refractivity contribution is 0.0720. The van der Waals surface area contributed by atoms with Gasteiger partial charge in [-0.2, -0.15) is 0 Å². The first-order valence-corrected chi connectivity index (χ1v) is 8.64. The molecule has 2 aromatic carbocycles. The van der Waals surface area contributed by atoms with E-state index in [0.29, 0.717) is 12.2 Å². The first-order valence-electron chi connectivity index (χ1n) is 8.64. The Morgan fingerprint density at radius 2 is 2.00 bits per heavy atom. The third-order valence-corrected chi connectivity index (χ3v) is 5.78. The minimum Gasteiger partial charge on any atom is -0.366 e. The molecular weight excluding hydrogens is 296 g/mol. The minimum atomic E-state index is 0.291. The van der Waals surface area contributed by atoms with Crippen molar-refractivity contribution in [2.24, 2.45) is 7.05 Å². The van der Waals surface area contributed by atoms with E-state index in [9.17, 15) is 0 Å². The van der Waals surface area contributed by atoms with Crippen LogP contribution in [0.1, 0.15) is 36.2 Å². The van der Waals surface area contributed by atoms with Crippen LogP contribution >= 0.6 is 0 Å². The molecule has 1 fully saturated rings. The van der Waals surface area contributed by atoms with Gasteiger partial charge in [-0.15, -0.1) is 0 Å². The summed E-state index contributed by atoms with van der Waals surface area (Å²) in [4.78, 5) is 3.28. The van der Waals surface area contributed by atoms with Gasteiger partial charge in [0.05, 0.1) is 17.7 Å². The van der Waals surface area contributed by atoms with Crippen molar-refractivity contribution in [3.63, 3.8) is 0 Å². The third kappa shape index (κ3) is 1.51. The summed E-state index contributed by atoms with van der Waals surface area (Å²) in [6.07, 6.45) is 7.08. The van der Waals surface area contributed by atoms with Gasteiger partial charge in [-0.3, -0.25) is 0 Å². The first-order chi connectivity index (χ1) is 11.8. The number of hydrogen-bond acceptors (Lipinski definition) is 1. The lowest BCUT2D eigenvalue weighted by Crippen LogP contribution is -2.02. The summed E-state index contributed by atoms with van der Waals surface area (Å²) in [6.45, 7) is 0. The summed E-state index contributed by atoms with van der Waals surface area (Å²) in [5, 5.41) is 2.59. The standard InChI is InChI=1S/C21H18N2O/c1-23-9-7-14-15(12-2-3-17-13(10-12)6-8-22-17)11-16-18-4-5-19(24-18)20(16)21(14)23/h2-3,6-11,18-19,22H,4-5H2,1H3. The molecule has 0 spiro atoms. The van der Waals surface area contributed by atoms with Crippen molar-refractivity contribution in [2.45, 2.75) is 25.0 Å². The number of hydrogen-bond donors (Lipinski definition) is 1. The highest BCUT2D eigenvalue weighted by atomic mass is 16.5. The first kappa shape index (κ1) is 12.8. The second kappa shape index (κ2) is 4.31. The van der Waals surface area contributed by atoms with E-state index in [2.05, 4.69) is 59.2 Å². The summed E-state index contributed by atoms with van der Waals surface area (Å²) >= 11 is 0. The average Bonchev–Trinajstić information content (AvgIpc) is 3.37. The molecule has 4 heterocycles. The second-order valence-electron chi connectivity index (χ2n) is 7.09. The van der Waals surface area contributed by atoms with Gasteiger partial charge in [-0.1, -0.05) is 6.07 Å². The van der Waals surface area contributed by atoms with Crippen LogP contribution in [0, 0.1) is 0 Å². The van der Waals surface area contributed by atoms with Crippen LogP contribution in [0.2, 0.25) is 0 Å². The van der Waals surface area contributed by atoms with E-state index in [1.807, 2.05) is 6.20 Å². The molecule has 4 aromatic rings. The van der Waals surface area contributed by atoms with E-state index in [4.69, 9.17) is 4.74 Å². The van der Waals surface area contributed by atoms with Crippen molar-refractivity contribution in [3.8, 4) is 11.1 Å². The van der Waals surface area contributed by atoms with E-state index in [0.717, 1.165) is 12.8 Å². The Labute approximate surface area is 139 Å². The Morgan fingerprint density at radius 3 is 2.96 bits per heavy atom. The van der Waals surface area contributed by atoms with Gasteiger partial charge in [0.25, 0.3) is 0 Å². The number of aromatic nitrogens is 2. The monoisotopic (exact) mass is 314 g/mol. The number of H-pyrrole nitrogens is 1. The fraction of sp³-hybridized carbons (Fsp3) is 0.238. The Bertz CT molecular complexity index is 1120. The molecule has 118 valence electrons. The van der Waals surface area contributed by atoms with Gasteiger partial charge in [0.2, 0.25) is 0 Å². The maximum absolute atomic E-state index is 6.21. The van der Waals surface area contributed by atoms with Crippen LogP contribution in [0.15, 0.2) is 48.8 Å². The number of aromatic amines is 1. The molecule has 2 aromatic heterocycles. The lowest BCUT2D eigenvalue weighted by Gasteiger charge is -2.17. The molecule has 0 radical (unpaired) electrons. The van der Waals surface area contributed by atoms with Crippen molar-refractivity contribution in [1.29, 1.82) is 0 Å². The number of nitrogens with one attached hydrogen (secondary N) is 1. The Kier molecular flexibility index (Phi) is 2.31. The van der Waals surface area contributed by atoms with E-state index >= 15 is 0 Å². The molecule has 3 nitrogen and oxygen atoms in total. The summed E-state index contributed by atoms with van der Waals surface area (Å²) in [5.41, 5.74) is 7.98. The van der Waals surface area contributed by atoms with Crippen LogP contribution in [-0.2, 0) is 11.8 Å². The fourth-order valence-corrected chi connectivity index (χ4v) is 4.67. The van der Waals surface area contributed by atoms with E-state index in [-0.39, 0.29) is 0 Å². The normalized spacial score (nSPS) is 21.9. The minimum absolute atomic E-state index is 0.291. The van der Waals surface area contributed by atoms with Gasteiger partial charge in [0.1, 0.15) is 0 Å². The fourth-order valence-electron chi connectivity index (χ4n) is 4.67. The summed E-state index contributed by atoms with van der Waals surface area (Å²) in [6, 6.07) is 13.5. The third-order valence-electron chi connectivity index (χ3n) is 5.78. The molecule has 2 aliphatic heterocycles. The van der Waals surface area contributed by atoms with Gasteiger partial charge >= 0.3 is 0 Å². The van der Waals surface area contributed by atoms with Gasteiger partial charge in [0.15, 0.2) is 0 Å². The summed E-state index contributed by atoms with van der Waals surface area (Å²) < 4.78 is 8.47. The zero-order chi connectivity index (χ0) is 15.8. The van der Waals surface area contributed by atoms with Crippen LogP contribution in [0.25, 0.3) is 32.9 Å². The van der Waals surface area contributed by atoms with E-state index < -0.39 is 0 Å². The molecule has 3 heteroatoms. The molecule has 1 N–H and O–H groups in total. The highest BCUT2D eigenvalue weighted by molar-refractivity contribution is 6.00. The zero-order valence-corrected chi connectivity index (χ0v) is 13.5. The van der Waals surface area contributed by atoms with Gasteiger partial charge in [0, 0.05) is 35.9 Å². The molecule has 2 atom stereocenters. The van der Waals surface area contributed by atoms with Gasteiger partial charge in [-0.25, -0.2) is 0 Å². The highest BCUT2D eigenvalue weighted by Gasteiger charge is 2.40. The van der Waals surface area contributed by atoms with Crippen molar-refractivity contribution in [1.82, 2.24) is 9.55 Å². The Hall–Kier alpha value is -2.52. The number of rotatable bonds is 1. The van der Waals surface area contributed by atoms with Crippen LogP contribution < -0.4 is 0 Å². The highest BCUT2D eigenvalue weighted by Crippen LogP contribution is 2.54. The number of fused-ring (bicyclic) bond motifs is 8. The molecule has 2 unspecified atom stereocenters. The van der Waals surface area contributed by atoms with Crippen LogP contribution in [0.3, 0.4) is 0 Å². The maximum atomic E-state index is 6.21. The van der Waals surface area contributed by atoms with Crippen molar-refractivity contribution in [3.05, 3.63) is 59.9 Å². The van der Waals surface area contributed by atoms with Gasteiger partial charge in [-0.05, 0) is 65.3 Å². The molecular formula is C21H18N2O. The van der Waals surface area contributed by atoms with Crippen molar-refractivity contribution < 1.29 is 4.74 Å². The predicted molar refractivity (Wildman–Crippen MR) is 96.0 cm³/mol. The maximum Gasteiger partial charge on any atom is 0.0858 e. The lowest BCUT2D eigenvalue weighted by atomic mass is 9.86. The molecule has 0 amide bonds.